The van der Waals surface area contributed by atoms with E-state index in [9.17, 15) is 17.6 Å². The van der Waals surface area contributed by atoms with Crippen LogP contribution < -0.4 is 4.74 Å². The summed E-state index contributed by atoms with van der Waals surface area (Å²) in [5.74, 6) is -4.37. The van der Waals surface area contributed by atoms with Crippen LogP contribution in [-0.4, -0.2) is 37.1 Å². The number of alkyl halides is 4. The first kappa shape index (κ1) is 29.5. The van der Waals surface area contributed by atoms with Crippen molar-refractivity contribution in [2.45, 2.75) is 46.0 Å². The molecule has 1 aliphatic heterocycles. The van der Waals surface area contributed by atoms with Gasteiger partial charge < -0.3 is 9.26 Å². The Bertz CT molecular complexity index is 1410. The fraction of sp³-hybridized carbons (Fsp3) is 0.310. The lowest BCUT2D eigenvalue weighted by Gasteiger charge is -2.18. The second-order valence-electron chi connectivity index (χ2n) is 8.79. The molecule has 2 aromatic carbocycles. The van der Waals surface area contributed by atoms with Crippen molar-refractivity contribution in [1.82, 2.24) is 5.16 Å². The maximum absolute atomic E-state index is 13.8. The Labute approximate surface area is 224 Å². The van der Waals surface area contributed by atoms with Gasteiger partial charge in [-0.25, -0.2) is 27.5 Å². The smallest absolute Gasteiger partial charge is 0.271 e. The van der Waals surface area contributed by atoms with E-state index in [0.29, 0.717) is 31.9 Å². The highest BCUT2D eigenvalue weighted by Crippen LogP contribution is 2.39. The third-order valence-corrected chi connectivity index (χ3v) is 5.77. The molecule has 0 saturated carbocycles. The predicted molar refractivity (Wildman–Crippen MR) is 146 cm³/mol. The Morgan fingerprint density at radius 1 is 0.974 bits per heavy atom. The fourth-order valence-electron chi connectivity index (χ4n) is 3.68. The first-order valence-corrected chi connectivity index (χ1v) is 12.2. The van der Waals surface area contributed by atoms with Crippen molar-refractivity contribution in [2.24, 2.45) is 15.0 Å². The van der Waals surface area contributed by atoms with Crippen molar-refractivity contribution in [2.75, 3.05) is 14.2 Å². The Morgan fingerprint density at radius 3 is 2.18 bits per heavy atom. The minimum atomic E-state index is -3.26. The van der Waals surface area contributed by atoms with Crippen LogP contribution in [0, 0.1) is 0 Å². The van der Waals surface area contributed by atoms with Gasteiger partial charge in [0.25, 0.3) is 11.8 Å². The van der Waals surface area contributed by atoms with Gasteiger partial charge >= 0.3 is 0 Å². The maximum Gasteiger partial charge on any atom is 0.271 e. The van der Waals surface area contributed by atoms with Crippen LogP contribution in [0.4, 0.5) is 17.6 Å². The summed E-state index contributed by atoms with van der Waals surface area (Å²) in [5.41, 5.74) is 1.99. The molecule has 0 radical (unpaired) electrons. The molecule has 39 heavy (non-hydrogen) atoms. The second-order valence-corrected chi connectivity index (χ2v) is 8.79. The summed E-state index contributed by atoms with van der Waals surface area (Å²) in [5, 5.41) is 3.73. The summed E-state index contributed by atoms with van der Waals surface area (Å²) in [6.07, 6.45) is 4.21. The number of ether oxygens (including phenoxy) is 1. The summed E-state index contributed by atoms with van der Waals surface area (Å²) < 4.78 is 64.3. The van der Waals surface area contributed by atoms with E-state index in [1.165, 1.54) is 12.1 Å². The summed E-state index contributed by atoms with van der Waals surface area (Å²) in [4.78, 5) is 12.9. The largest absolute Gasteiger partial charge is 0.497 e. The van der Waals surface area contributed by atoms with E-state index in [0.717, 1.165) is 34.9 Å². The van der Waals surface area contributed by atoms with Crippen LogP contribution >= 0.6 is 0 Å². The normalized spacial score (nSPS) is 14.8. The highest BCUT2D eigenvalue weighted by molar-refractivity contribution is 6.42. The van der Waals surface area contributed by atoms with Gasteiger partial charge in [-0.15, -0.1) is 0 Å². The van der Waals surface area contributed by atoms with Gasteiger partial charge in [0.05, 0.1) is 12.8 Å². The van der Waals surface area contributed by atoms with E-state index in [1.807, 2.05) is 44.2 Å². The first-order chi connectivity index (χ1) is 18.4. The van der Waals surface area contributed by atoms with Crippen LogP contribution in [0.2, 0.25) is 0 Å². The molecule has 0 atom stereocenters. The summed E-state index contributed by atoms with van der Waals surface area (Å²) in [7, 11) is 3.37. The molecular formula is C29H30F4N4O2. The molecule has 1 aliphatic rings. The molecule has 2 heterocycles. The molecule has 0 amide bonds. The summed E-state index contributed by atoms with van der Waals surface area (Å²) >= 11 is 0. The number of benzene rings is 2. The number of halogens is 4. The minimum Gasteiger partial charge on any atom is -0.497 e. The van der Waals surface area contributed by atoms with Gasteiger partial charge in [0.15, 0.2) is 5.84 Å². The summed E-state index contributed by atoms with van der Waals surface area (Å²) in [6, 6.07) is 12.4. The molecule has 1 aromatic heterocycles. The average molecular weight is 543 g/mol. The number of aryl methyl sites for hydroxylation is 1. The Balaban J connectivity index is 0.000000218. The number of aromatic nitrogens is 1. The van der Waals surface area contributed by atoms with Crippen LogP contribution in [0.25, 0.3) is 11.3 Å². The molecule has 0 N–H and O–H groups in total. The van der Waals surface area contributed by atoms with Gasteiger partial charge in [-0.05, 0) is 37.3 Å². The number of allylic oxidation sites excluding steroid dienone is 2. The van der Waals surface area contributed by atoms with Crippen molar-refractivity contribution in [3.8, 4) is 17.0 Å². The van der Waals surface area contributed by atoms with E-state index in [4.69, 9.17) is 9.26 Å². The minimum absolute atomic E-state index is 0.0963. The van der Waals surface area contributed by atoms with Crippen LogP contribution in [0.1, 0.15) is 50.1 Å². The highest BCUT2D eigenvalue weighted by Gasteiger charge is 2.33. The molecule has 0 saturated heterocycles. The molecule has 6 nitrogen and oxygen atoms in total. The topological polar surface area (TPSA) is 72.3 Å². The van der Waals surface area contributed by atoms with Crippen LogP contribution in [0.15, 0.2) is 79.8 Å². The zero-order valence-electron chi connectivity index (χ0n) is 22.6. The number of hydrogen-bond donors (Lipinski definition) is 0. The molecule has 0 aliphatic carbocycles. The SMILES string of the molecule is C/C=C1/N=C(c2ccc(OC)cc2)N=C1C=NC.CCc1cc(-c2ccc(C(C)(F)F)cc2C(C)(F)F)no1. The van der Waals surface area contributed by atoms with Crippen molar-refractivity contribution in [3.05, 3.63) is 82.8 Å². The molecule has 3 aromatic rings. The lowest BCUT2D eigenvalue weighted by molar-refractivity contribution is 0.0109. The zero-order chi connectivity index (χ0) is 28.8. The monoisotopic (exact) mass is 542 g/mol. The second kappa shape index (κ2) is 12.2. The highest BCUT2D eigenvalue weighted by atomic mass is 19.3. The van der Waals surface area contributed by atoms with Crippen molar-refractivity contribution in [3.63, 3.8) is 0 Å². The number of rotatable bonds is 7. The molecule has 0 spiro atoms. The van der Waals surface area contributed by atoms with Gasteiger partial charge in [-0.3, -0.25) is 4.99 Å². The van der Waals surface area contributed by atoms with E-state index in [2.05, 4.69) is 20.1 Å². The number of methoxy groups -OCH3 is 1. The molecule has 206 valence electrons. The van der Waals surface area contributed by atoms with E-state index in [1.54, 1.807) is 20.4 Å². The van der Waals surface area contributed by atoms with Gasteiger partial charge in [0.1, 0.15) is 22.9 Å². The van der Waals surface area contributed by atoms with Gasteiger partial charge in [-0.1, -0.05) is 30.3 Å². The standard InChI is InChI=1S/C15H15F4NO.C14H15N3O/c1-4-10-8-13(20-21-10)11-6-5-9(14(2,16)17)7-12(11)15(3,18)19;1-4-12-13(9-15-2)17-14(16-12)10-5-7-11(18-3)8-6-10/h5-8H,4H2,1-3H3;4-9H,1-3H3/b;12-4+,15-9?. The third-order valence-electron chi connectivity index (χ3n) is 5.77. The Morgan fingerprint density at radius 2 is 1.67 bits per heavy atom. The maximum atomic E-state index is 13.8. The van der Waals surface area contributed by atoms with E-state index < -0.39 is 23.0 Å². The van der Waals surface area contributed by atoms with Gasteiger partial charge in [0, 0.05) is 61.9 Å². The zero-order valence-corrected chi connectivity index (χ0v) is 22.6. The predicted octanol–water partition coefficient (Wildman–Crippen LogP) is 7.63. The van der Waals surface area contributed by atoms with Crippen molar-refractivity contribution >= 4 is 17.8 Å². The number of hydrogen-bond acceptors (Lipinski definition) is 6. The van der Waals surface area contributed by atoms with Crippen LogP contribution in [-0.2, 0) is 18.3 Å². The third kappa shape index (κ3) is 7.28. The lowest BCUT2D eigenvalue weighted by atomic mass is 9.95. The summed E-state index contributed by atoms with van der Waals surface area (Å²) in [6.45, 7) is 5.12. The Hall–Kier alpha value is -4.08. The fourth-order valence-corrected chi connectivity index (χ4v) is 3.68. The number of nitrogens with zero attached hydrogens (tertiary/aromatic N) is 4. The molecule has 0 unspecified atom stereocenters. The molecular weight excluding hydrogens is 512 g/mol. The van der Waals surface area contributed by atoms with Crippen molar-refractivity contribution < 1.29 is 26.8 Å². The van der Waals surface area contributed by atoms with Gasteiger partial charge in [0.2, 0.25) is 0 Å². The average Bonchev–Trinajstić information content (AvgIpc) is 3.55. The lowest BCUT2D eigenvalue weighted by Crippen LogP contribution is -2.13. The van der Waals surface area contributed by atoms with E-state index >= 15 is 0 Å². The Kier molecular flexibility index (Phi) is 9.21. The van der Waals surface area contributed by atoms with Gasteiger partial charge in [-0.2, -0.15) is 0 Å². The first-order valence-electron chi connectivity index (χ1n) is 12.2. The van der Waals surface area contributed by atoms with Crippen LogP contribution in [0.5, 0.6) is 5.75 Å². The molecule has 0 bridgehead atoms. The number of aliphatic imine (C=N–C) groups is 3. The molecule has 10 heteroatoms. The molecule has 4 rings (SSSR count). The van der Waals surface area contributed by atoms with E-state index in [-0.39, 0.29) is 11.3 Å². The van der Waals surface area contributed by atoms with Crippen LogP contribution in [0.3, 0.4) is 0 Å². The van der Waals surface area contributed by atoms with Crippen molar-refractivity contribution in [1.29, 1.82) is 0 Å². The molecule has 0 fully saturated rings. The quantitative estimate of drug-likeness (QED) is 0.228. The number of amidine groups is 1.